The van der Waals surface area contributed by atoms with Crippen LogP contribution >= 0.6 is 15.9 Å². The third-order valence-electron chi connectivity index (χ3n) is 3.74. The van der Waals surface area contributed by atoms with Gasteiger partial charge in [0.15, 0.2) is 0 Å². The summed E-state index contributed by atoms with van der Waals surface area (Å²) in [6.45, 7) is 7.36. The molecule has 0 radical (unpaired) electrons. The van der Waals surface area contributed by atoms with Crippen LogP contribution in [0.5, 0.6) is 0 Å². The number of rotatable bonds is 5. The van der Waals surface area contributed by atoms with E-state index >= 15 is 0 Å². The molecular weight excluding hydrogens is 276 g/mol. The number of halogens is 1. The molecule has 0 saturated heterocycles. The van der Waals surface area contributed by atoms with Crippen molar-refractivity contribution in [1.29, 1.82) is 0 Å². The average Bonchev–Trinajstić information content (AvgIpc) is 2.30. The molecule has 1 rings (SSSR count). The summed E-state index contributed by atoms with van der Waals surface area (Å²) in [5, 5.41) is 0. The number of hydrogen-bond acceptors (Lipinski definition) is 2. The lowest BCUT2D eigenvalue weighted by Crippen LogP contribution is -2.45. The fourth-order valence-corrected chi connectivity index (χ4v) is 2.32. The van der Waals surface area contributed by atoms with Gasteiger partial charge in [-0.2, -0.15) is 0 Å². The molecule has 1 unspecified atom stereocenters. The van der Waals surface area contributed by atoms with Gasteiger partial charge >= 0.3 is 0 Å². The van der Waals surface area contributed by atoms with Gasteiger partial charge in [0.05, 0.1) is 0 Å². The highest BCUT2D eigenvalue weighted by Gasteiger charge is 2.28. The van der Waals surface area contributed by atoms with E-state index in [2.05, 4.69) is 66.8 Å². The predicted molar refractivity (Wildman–Crippen MR) is 78.1 cm³/mol. The van der Waals surface area contributed by atoms with Gasteiger partial charge in [0, 0.05) is 22.6 Å². The van der Waals surface area contributed by atoms with Crippen molar-refractivity contribution in [2.24, 2.45) is 5.73 Å². The second-order valence-electron chi connectivity index (χ2n) is 5.08. The van der Waals surface area contributed by atoms with Crippen molar-refractivity contribution in [2.45, 2.75) is 38.8 Å². The highest BCUT2D eigenvalue weighted by Crippen LogP contribution is 2.29. The zero-order chi connectivity index (χ0) is 13.1. The quantitative estimate of drug-likeness (QED) is 0.900. The first-order valence-electron chi connectivity index (χ1n) is 6.11. The summed E-state index contributed by atoms with van der Waals surface area (Å²) in [7, 11) is 2.15. The maximum absolute atomic E-state index is 5.95. The molecule has 0 saturated carbocycles. The second-order valence-corrected chi connectivity index (χ2v) is 6.00. The molecule has 0 fully saturated rings. The topological polar surface area (TPSA) is 29.3 Å². The number of benzene rings is 1. The molecule has 2 nitrogen and oxygen atoms in total. The van der Waals surface area contributed by atoms with Gasteiger partial charge in [0.1, 0.15) is 0 Å². The summed E-state index contributed by atoms with van der Waals surface area (Å²) in [5.74, 6) is 0. The van der Waals surface area contributed by atoms with Crippen LogP contribution in [0, 0.1) is 0 Å². The van der Waals surface area contributed by atoms with Crippen LogP contribution in [-0.2, 0) is 0 Å². The summed E-state index contributed by atoms with van der Waals surface area (Å²) >= 11 is 3.52. The van der Waals surface area contributed by atoms with Gasteiger partial charge in [0.2, 0.25) is 0 Å². The molecule has 0 bridgehead atoms. The Balaban J connectivity index is 2.99. The molecular formula is C14H23BrN2. The van der Waals surface area contributed by atoms with Crippen LogP contribution in [0.15, 0.2) is 28.7 Å². The van der Waals surface area contributed by atoms with Crippen molar-refractivity contribution < 1.29 is 0 Å². The fraction of sp³-hybridized carbons (Fsp3) is 0.571. The molecule has 0 aromatic heterocycles. The van der Waals surface area contributed by atoms with Gasteiger partial charge in [-0.25, -0.2) is 0 Å². The van der Waals surface area contributed by atoms with Crippen LogP contribution in [-0.4, -0.2) is 24.0 Å². The molecule has 0 amide bonds. The van der Waals surface area contributed by atoms with Crippen LogP contribution in [0.1, 0.15) is 38.8 Å². The third kappa shape index (κ3) is 3.54. The van der Waals surface area contributed by atoms with Crippen LogP contribution < -0.4 is 5.73 Å². The Hall–Kier alpha value is -0.380. The minimum Gasteiger partial charge on any atom is -0.329 e. The SMILES string of the molecule is CCC(C)(C)N(C)C(CN)c1cccc(Br)c1. The normalized spacial score (nSPS) is 14.1. The van der Waals surface area contributed by atoms with E-state index in [1.807, 2.05) is 6.07 Å². The summed E-state index contributed by atoms with van der Waals surface area (Å²) < 4.78 is 1.11. The van der Waals surface area contributed by atoms with Crippen molar-refractivity contribution in [3.05, 3.63) is 34.3 Å². The highest BCUT2D eigenvalue weighted by molar-refractivity contribution is 9.10. The van der Waals surface area contributed by atoms with E-state index in [4.69, 9.17) is 5.73 Å². The molecule has 1 aromatic rings. The van der Waals surface area contributed by atoms with Gasteiger partial charge in [-0.05, 0) is 45.0 Å². The van der Waals surface area contributed by atoms with Crippen LogP contribution in [0.3, 0.4) is 0 Å². The van der Waals surface area contributed by atoms with Crippen LogP contribution in [0.2, 0.25) is 0 Å². The van der Waals surface area contributed by atoms with Gasteiger partial charge in [-0.3, -0.25) is 4.90 Å². The Labute approximate surface area is 113 Å². The number of likely N-dealkylation sites (N-methyl/N-ethyl adjacent to an activating group) is 1. The Bertz CT molecular complexity index is 363. The Morgan fingerprint density at radius 3 is 2.53 bits per heavy atom. The molecule has 96 valence electrons. The monoisotopic (exact) mass is 298 g/mol. The first kappa shape index (κ1) is 14.7. The molecule has 2 N–H and O–H groups in total. The molecule has 0 aliphatic heterocycles. The van der Waals surface area contributed by atoms with Gasteiger partial charge in [0.25, 0.3) is 0 Å². The maximum Gasteiger partial charge on any atom is 0.0473 e. The average molecular weight is 299 g/mol. The number of nitrogens with zero attached hydrogens (tertiary/aromatic N) is 1. The van der Waals surface area contributed by atoms with E-state index in [-0.39, 0.29) is 11.6 Å². The predicted octanol–water partition coefficient (Wildman–Crippen LogP) is 3.57. The minimum atomic E-state index is 0.159. The maximum atomic E-state index is 5.95. The highest BCUT2D eigenvalue weighted by atomic mass is 79.9. The molecule has 0 aliphatic carbocycles. The van der Waals surface area contributed by atoms with Crippen molar-refractivity contribution >= 4 is 15.9 Å². The van der Waals surface area contributed by atoms with Crippen molar-refractivity contribution in [1.82, 2.24) is 4.90 Å². The smallest absolute Gasteiger partial charge is 0.0473 e. The molecule has 3 heteroatoms. The van der Waals surface area contributed by atoms with Crippen molar-refractivity contribution in [3.63, 3.8) is 0 Å². The Kier molecular flexibility index (Phi) is 5.17. The fourth-order valence-electron chi connectivity index (χ4n) is 1.90. The first-order valence-corrected chi connectivity index (χ1v) is 6.90. The van der Waals surface area contributed by atoms with Crippen molar-refractivity contribution in [3.8, 4) is 0 Å². The lowest BCUT2D eigenvalue weighted by Gasteiger charge is -2.40. The standard InChI is InChI=1S/C14H23BrN2/c1-5-14(2,3)17(4)13(10-16)11-7-6-8-12(15)9-11/h6-9,13H,5,10,16H2,1-4H3. The molecule has 0 spiro atoms. The van der Waals surface area contributed by atoms with Crippen LogP contribution in [0.25, 0.3) is 0 Å². The van der Waals surface area contributed by atoms with Crippen molar-refractivity contribution in [2.75, 3.05) is 13.6 Å². The van der Waals surface area contributed by atoms with Gasteiger partial charge in [-0.1, -0.05) is 35.0 Å². The Morgan fingerprint density at radius 1 is 1.41 bits per heavy atom. The summed E-state index contributed by atoms with van der Waals surface area (Å²) in [6.07, 6.45) is 1.11. The number of hydrogen-bond donors (Lipinski definition) is 1. The minimum absolute atomic E-state index is 0.159. The van der Waals surface area contributed by atoms with Gasteiger partial charge in [-0.15, -0.1) is 0 Å². The largest absolute Gasteiger partial charge is 0.329 e. The second kappa shape index (κ2) is 5.98. The molecule has 0 aliphatic rings. The zero-order valence-electron chi connectivity index (χ0n) is 11.2. The lowest BCUT2D eigenvalue weighted by molar-refractivity contribution is 0.100. The molecule has 0 heterocycles. The van der Waals surface area contributed by atoms with Gasteiger partial charge < -0.3 is 5.73 Å². The zero-order valence-corrected chi connectivity index (χ0v) is 12.8. The molecule has 17 heavy (non-hydrogen) atoms. The van der Waals surface area contributed by atoms with Crippen LogP contribution in [0.4, 0.5) is 0 Å². The summed E-state index contributed by atoms with van der Waals surface area (Å²) in [6, 6.07) is 8.67. The summed E-state index contributed by atoms with van der Waals surface area (Å²) in [4.78, 5) is 2.37. The van der Waals surface area contributed by atoms with E-state index < -0.39 is 0 Å². The third-order valence-corrected chi connectivity index (χ3v) is 4.24. The molecule has 1 aromatic carbocycles. The Morgan fingerprint density at radius 2 is 2.06 bits per heavy atom. The van der Waals surface area contributed by atoms with E-state index in [0.717, 1.165) is 10.9 Å². The lowest BCUT2D eigenvalue weighted by atomic mass is 9.95. The van der Waals surface area contributed by atoms with E-state index in [9.17, 15) is 0 Å². The first-order chi connectivity index (χ1) is 7.92. The summed E-state index contributed by atoms with van der Waals surface area (Å²) in [5.41, 5.74) is 7.38. The number of nitrogens with two attached hydrogens (primary N) is 1. The van der Waals surface area contributed by atoms with E-state index in [0.29, 0.717) is 6.54 Å². The molecule has 1 atom stereocenters. The van der Waals surface area contributed by atoms with E-state index in [1.54, 1.807) is 0 Å². The van der Waals surface area contributed by atoms with E-state index in [1.165, 1.54) is 5.56 Å².